The maximum atomic E-state index is 12.8. The third-order valence-electron chi connectivity index (χ3n) is 4.04. The van der Waals surface area contributed by atoms with Gasteiger partial charge < -0.3 is 5.73 Å². The minimum atomic E-state index is -3.60. The highest BCUT2D eigenvalue weighted by Gasteiger charge is 2.35. The van der Waals surface area contributed by atoms with Crippen molar-refractivity contribution in [3.05, 3.63) is 29.8 Å². The van der Waals surface area contributed by atoms with Crippen molar-refractivity contribution in [1.82, 2.24) is 4.31 Å². The molecular weight excluding hydrogens is 324 g/mol. The first-order valence-electron chi connectivity index (χ1n) is 7.19. The van der Waals surface area contributed by atoms with Gasteiger partial charge in [0.2, 0.25) is 10.0 Å². The van der Waals surface area contributed by atoms with Crippen LogP contribution < -0.4 is 5.73 Å². The van der Waals surface area contributed by atoms with Crippen LogP contribution in [0.2, 0.25) is 0 Å². The fourth-order valence-electron chi connectivity index (χ4n) is 2.77. The summed E-state index contributed by atoms with van der Waals surface area (Å²) in [6.45, 7) is 4.34. The third-order valence-corrected chi connectivity index (χ3v) is 5.99. The standard InChI is InChI=1S/C15H22N2O3S.ClH/c1-11-6-7-17(14(8-11)10-16)21(19,20)15-5-3-4-13(9-15)12(2)18;/h3-5,9,11,14H,6-8,10,16H2,1-2H3;1H. The fourth-order valence-corrected chi connectivity index (χ4v) is 4.48. The summed E-state index contributed by atoms with van der Waals surface area (Å²) in [4.78, 5) is 11.6. The SMILES string of the molecule is CC(=O)c1cccc(S(=O)(=O)N2CCC(C)CC2CN)c1.Cl. The van der Waals surface area contributed by atoms with Crippen molar-refractivity contribution < 1.29 is 13.2 Å². The number of ketones is 1. The minimum absolute atomic E-state index is 0. The molecule has 2 unspecified atom stereocenters. The van der Waals surface area contributed by atoms with Crippen LogP contribution in [0, 0.1) is 5.92 Å². The zero-order valence-electron chi connectivity index (χ0n) is 12.9. The fraction of sp³-hybridized carbons (Fsp3) is 0.533. The summed E-state index contributed by atoms with van der Waals surface area (Å²) in [6, 6.07) is 6.05. The maximum absolute atomic E-state index is 12.8. The van der Waals surface area contributed by atoms with Gasteiger partial charge in [-0.2, -0.15) is 4.31 Å². The zero-order valence-corrected chi connectivity index (χ0v) is 14.5. The number of rotatable bonds is 4. The van der Waals surface area contributed by atoms with E-state index in [0.29, 0.717) is 24.6 Å². The van der Waals surface area contributed by atoms with Gasteiger partial charge in [0.25, 0.3) is 0 Å². The first kappa shape index (κ1) is 19.1. The van der Waals surface area contributed by atoms with E-state index in [9.17, 15) is 13.2 Å². The molecule has 0 amide bonds. The van der Waals surface area contributed by atoms with Gasteiger partial charge in [-0.3, -0.25) is 4.79 Å². The van der Waals surface area contributed by atoms with Crippen molar-refractivity contribution in [3.8, 4) is 0 Å². The van der Waals surface area contributed by atoms with Gasteiger partial charge in [0.15, 0.2) is 5.78 Å². The molecule has 22 heavy (non-hydrogen) atoms. The number of carbonyl (C=O) groups excluding carboxylic acids is 1. The lowest BCUT2D eigenvalue weighted by atomic mass is 9.94. The van der Waals surface area contributed by atoms with Crippen LogP contribution in [0.5, 0.6) is 0 Å². The smallest absolute Gasteiger partial charge is 0.243 e. The molecule has 2 rings (SSSR count). The monoisotopic (exact) mass is 346 g/mol. The lowest BCUT2D eigenvalue weighted by Crippen LogP contribution is -2.49. The van der Waals surface area contributed by atoms with Crippen LogP contribution in [0.3, 0.4) is 0 Å². The number of carbonyl (C=O) groups is 1. The molecule has 0 spiro atoms. The molecule has 0 radical (unpaired) electrons. The molecule has 5 nitrogen and oxygen atoms in total. The first-order valence-corrected chi connectivity index (χ1v) is 8.63. The molecule has 1 aromatic carbocycles. The Labute approximate surface area is 138 Å². The van der Waals surface area contributed by atoms with Crippen molar-refractivity contribution in [2.45, 2.75) is 37.6 Å². The molecule has 124 valence electrons. The number of sulfonamides is 1. The summed E-state index contributed by atoms with van der Waals surface area (Å²) in [5.74, 6) is 0.336. The molecule has 7 heteroatoms. The van der Waals surface area contributed by atoms with Crippen LogP contribution in [0.4, 0.5) is 0 Å². The Hall–Kier alpha value is -0.950. The van der Waals surface area contributed by atoms with Crippen LogP contribution in [-0.4, -0.2) is 37.6 Å². The second-order valence-electron chi connectivity index (χ2n) is 5.72. The maximum Gasteiger partial charge on any atom is 0.243 e. The van der Waals surface area contributed by atoms with Crippen LogP contribution in [0.15, 0.2) is 29.2 Å². The van der Waals surface area contributed by atoms with Crippen LogP contribution in [-0.2, 0) is 10.0 Å². The van der Waals surface area contributed by atoms with Gasteiger partial charge in [-0.15, -0.1) is 12.4 Å². The summed E-state index contributed by atoms with van der Waals surface area (Å²) < 4.78 is 27.1. The Kier molecular flexibility index (Phi) is 6.55. The number of halogens is 1. The molecule has 0 bridgehead atoms. The molecule has 1 fully saturated rings. The van der Waals surface area contributed by atoms with Crippen molar-refractivity contribution in [2.75, 3.05) is 13.1 Å². The minimum Gasteiger partial charge on any atom is -0.329 e. The second kappa shape index (κ2) is 7.55. The average molecular weight is 347 g/mol. The van der Waals surface area contributed by atoms with Crippen molar-refractivity contribution in [2.24, 2.45) is 11.7 Å². The van der Waals surface area contributed by atoms with E-state index in [4.69, 9.17) is 5.73 Å². The van der Waals surface area contributed by atoms with Crippen LogP contribution in [0.25, 0.3) is 0 Å². The van der Waals surface area contributed by atoms with Crippen molar-refractivity contribution in [3.63, 3.8) is 0 Å². The van der Waals surface area contributed by atoms with Gasteiger partial charge in [0, 0.05) is 24.7 Å². The summed E-state index contributed by atoms with van der Waals surface area (Å²) in [6.07, 6.45) is 1.62. The van der Waals surface area contributed by atoms with Crippen molar-refractivity contribution in [1.29, 1.82) is 0 Å². The molecule has 1 heterocycles. The molecular formula is C15H23ClN2O3S. The average Bonchev–Trinajstić information content (AvgIpc) is 2.46. The predicted octanol–water partition coefficient (Wildman–Crippen LogP) is 2.06. The predicted molar refractivity (Wildman–Crippen MR) is 88.8 cm³/mol. The van der Waals surface area contributed by atoms with E-state index in [0.717, 1.165) is 12.8 Å². The highest BCUT2D eigenvalue weighted by Crippen LogP contribution is 2.28. The molecule has 2 N–H and O–H groups in total. The quantitative estimate of drug-likeness (QED) is 0.846. The highest BCUT2D eigenvalue weighted by molar-refractivity contribution is 7.89. The molecule has 2 atom stereocenters. The Balaban J connectivity index is 0.00000242. The Bertz CT molecular complexity index is 633. The van der Waals surface area contributed by atoms with E-state index in [1.807, 2.05) is 0 Å². The largest absolute Gasteiger partial charge is 0.329 e. The third kappa shape index (κ3) is 3.87. The molecule has 1 aliphatic heterocycles. The van der Waals surface area contributed by atoms with E-state index in [-0.39, 0.29) is 29.1 Å². The highest BCUT2D eigenvalue weighted by atomic mass is 35.5. The number of Topliss-reactive ketones (excluding diaryl/α,β-unsaturated/α-hetero) is 1. The molecule has 1 aromatic rings. The lowest BCUT2D eigenvalue weighted by Gasteiger charge is -2.36. The van der Waals surface area contributed by atoms with Gasteiger partial charge in [-0.25, -0.2) is 8.42 Å². The lowest BCUT2D eigenvalue weighted by molar-refractivity contribution is 0.101. The molecule has 0 aliphatic carbocycles. The molecule has 1 aliphatic rings. The van der Waals surface area contributed by atoms with Gasteiger partial charge >= 0.3 is 0 Å². The number of piperidine rings is 1. The number of hydrogen-bond donors (Lipinski definition) is 1. The Morgan fingerprint density at radius 3 is 2.68 bits per heavy atom. The zero-order chi connectivity index (χ0) is 15.6. The first-order chi connectivity index (χ1) is 9.86. The van der Waals surface area contributed by atoms with Crippen LogP contribution >= 0.6 is 12.4 Å². The summed E-state index contributed by atoms with van der Waals surface area (Å²) in [5.41, 5.74) is 6.16. The summed E-state index contributed by atoms with van der Waals surface area (Å²) in [7, 11) is -3.60. The molecule has 0 aromatic heterocycles. The van der Waals surface area contributed by atoms with Gasteiger partial charge in [-0.1, -0.05) is 19.1 Å². The number of nitrogens with zero attached hydrogens (tertiary/aromatic N) is 1. The van der Waals surface area contributed by atoms with E-state index >= 15 is 0 Å². The van der Waals surface area contributed by atoms with Gasteiger partial charge in [0.05, 0.1) is 4.90 Å². The van der Waals surface area contributed by atoms with Crippen molar-refractivity contribution >= 4 is 28.2 Å². The number of benzene rings is 1. The normalized spacial score (nSPS) is 22.9. The molecule has 0 saturated carbocycles. The molecule has 1 saturated heterocycles. The van der Waals surface area contributed by atoms with Gasteiger partial charge in [-0.05, 0) is 37.8 Å². The van der Waals surface area contributed by atoms with E-state index < -0.39 is 10.0 Å². The Morgan fingerprint density at radius 1 is 1.41 bits per heavy atom. The Morgan fingerprint density at radius 2 is 2.09 bits per heavy atom. The van der Waals surface area contributed by atoms with E-state index in [1.54, 1.807) is 12.1 Å². The van der Waals surface area contributed by atoms with E-state index in [1.165, 1.54) is 23.4 Å². The van der Waals surface area contributed by atoms with Gasteiger partial charge in [0.1, 0.15) is 0 Å². The summed E-state index contributed by atoms with van der Waals surface area (Å²) >= 11 is 0. The summed E-state index contributed by atoms with van der Waals surface area (Å²) in [5, 5.41) is 0. The second-order valence-corrected chi connectivity index (χ2v) is 7.61. The van der Waals surface area contributed by atoms with E-state index in [2.05, 4.69) is 6.92 Å². The topological polar surface area (TPSA) is 80.5 Å². The number of nitrogens with two attached hydrogens (primary N) is 1. The number of hydrogen-bond acceptors (Lipinski definition) is 4. The van der Waals surface area contributed by atoms with Crippen LogP contribution in [0.1, 0.15) is 37.0 Å².